The van der Waals surface area contributed by atoms with Crippen LogP contribution in [0.4, 0.5) is 0 Å². The van der Waals surface area contributed by atoms with Crippen molar-refractivity contribution in [3.8, 4) is 5.75 Å². The van der Waals surface area contributed by atoms with Gasteiger partial charge in [-0.25, -0.2) is 0 Å². The summed E-state index contributed by atoms with van der Waals surface area (Å²) in [7, 11) is 0. The third kappa shape index (κ3) is 3.30. The quantitative estimate of drug-likeness (QED) is 0.885. The largest absolute Gasteiger partial charge is 0.490 e. The second-order valence-corrected chi connectivity index (χ2v) is 6.44. The van der Waals surface area contributed by atoms with Crippen LogP contribution in [0.5, 0.6) is 5.75 Å². The molecule has 3 rings (SSSR count). The molecule has 0 spiro atoms. The van der Waals surface area contributed by atoms with Gasteiger partial charge in [-0.2, -0.15) is 0 Å². The summed E-state index contributed by atoms with van der Waals surface area (Å²) < 4.78 is 5.86. The molecule has 0 amide bonds. The first-order valence-electron chi connectivity index (χ1n) is 7.74. The average Bonchev–Trinajstić information content (AvgIpc) is 3.23. The lowest BCUT2D eigenvalue weighted by atomic mass is 9.78. The molecular formula is C17H25NO. The molecule has 0 radical (unpaired) electrons. The monoisotopic (exact) mass is 259 g/mol. The zero-order valence-corrected chi connectivity index (χ0v) is 11.8. The number of benzene rings is 1. The fraction of sp³-hybridized carbons (Fsp3) is 0.647. The number of hydrogen-bond acceptors (Lipinski definition) is 2. The van der Waals surface area contributed by atoms with Gasteiger partial charge in [-0.05, 0) is 55.2 Å². The molecule has 1 atom stereocenters. The molecule has 104 valence electrons. The Hall–Kier alpha value is -1.02. The van der Waals surface area contributed by atoms with Crippen molar-refractivity contribution in [1.29, 1.82) is 0 Å². The van der Waals surface area contributed by atoms with E-state index < -0.39 is 0 Å². The lowest BCUT2D eigenvalue weighted by Gasteiger charge is -2.31. The van der Waals surface area contributed by atoms with Crippen LogP contribution >= 0.6 is 0 Å². The predicted octanol–water partition coefficient (Wildman–Crippen LogP) is 4.05. The van der Waals surface area contributed by atoms with E-state index in [2.05, 4.69) is 31.2 Å². The Labute approximate surface area is 116 Å². The Morgan fingerprint density at radius 2 is 1.84 bits per heavy atom. The van der Waals surface area contributed by atoms with E-state index in [1.165, 1.54) is 44.1 Å². The van der Waals surface area contributed by atoms with Crippen LogP contribution in [0.15, 0.2) is 24.3 Å². The first kappa shape index (κ1) is 13.0. The molecule has 2 aliphatic rings. The molecule has 2 N–H and O–H groups in total. The van der Waals surface area contributed by atoms with Crippen LogP contribution in [0.1, 0.15) is 57.1 Å². The molecule has 2 saturated carbocycles. The van der Waals surface area contributed by atoms with Crippen LogP contribution in [-0.4, -0.2) is 6.10 Å². The summed E-state index contributed by atoms with van der Waals surface area (Å²) in [5.74, 6) is 2.53. The van der Waals surface area contributed by atoms with Gasteiger partial charge < -0.3 is 10.5 Å². The molecule has 1 unspecified atom stereocenters. The highest BCUT2D eigenvalue weighted by Gasteiger charge is 2.26. The summed E-state index contributed by atoms with van der Waals surface area (Å²) in [5.41, 5.74) is 7.72. The maximum absolute atomic E-state index is 6.47. The van der Waals surface area contributed by atoms with Gasteiger partial charge in [0.05, 0.1) is 6.10 Å². The molecular weight excluding hydrogens is 234 g/mol. The molecule has 0 bridgehead atoms. The molecule has 0 aromatic heterocycles. The zero-order chi connectivity index (χ0) is 13.2. The summed E-state index contributed by atoms with van der Waals surface area (Å²) in [6.07, 6.45) is 8.08. The third-order valence-corrected chi connectivity index (χ3v) is 4.64. The van der Waals surface area contributed by atoms with E-state index in [9.17, 15) is 0 Å². The Morgan fingerprint density at radius 1 is 1.11 bits per heavy atom. The Balaban J connectivity index is 1.66. The van der Waals surface area contributed by atoms with Gasteiger partial charge in [-0.15, -0.1) is 0 Å². The highest BCUT2D eigenvalue weighted by Crippen LogP contribution is 2.36. The zero-order valence-electron chi connectivity index (χ0n) is 11.8. The highest BCUT2D eigenvalue weighted by atomic mass is 16.5. The number of nitrogens with two attached hydrogens (primary N) is 1. The van der Waals surface area contributed by atoms with Crippen LogP contribution < -0.4 is 10.5 Å². The van der Waals surface area contributed by atoms with Crippen molar-refractivity contribution in [3.05, 3.63) is 29.8 Å². The maximum Gasteiger partial charge on any atom is 0.120 e. The fourth-order valence-corrected chi connectivity index (χ4v) is 3.09. The molecule has 1 aromatic rings. The van der Waals surface area contributed by atoms with E-state index in [1.807, 2.05) is 0 Å². The normalized spacial score (nSPS) is 28.9. The Bertz CT molecular complexity index is 419. The summed E-state index contributed by atoms with van der Waals surface area (Å²) in [5, 5.41) is 0. The minimum absolute atomic E-state index is 0.176. The van der Waals surface area contributed by atoms with Crippen molar-refractivity contribution < 1.29 is 4.74 Å². The third-order valence-electron chi connectivity index (χ3n) is 4.64. The smallest absolute Gasteiger partial charge is 0.120 e. The van der Waals surface area contributed by atoms with Gasteiger partial charge in [0.15, 0.2) is 0 Å². The van der Waals surface area contributed by atoms with Gasteiger partial charge in [0.2, 0.25) is 0 Å². The lowest BCUT2D eigenvalue weighted by molar-refractivity contribution is 0.255. The summed E-state index contributed by atoms with van der Waals surface area (Å²) in [6, 6.07) is 8.62. The van der Waals surface area contributed by atoms with Crippen LogP contribution in [0.25, 0.3) is 0 Å². The van der Waals surface area contributed by atoms with Gasteiger partial charge in [0.25, 0.3) is 0 Å². The molecule has 2 aliphatic carbocycles. The van der Waals surface area contributed by atoms with Crippen molar-refractivity contribution in [3.63, 3.8) is 0 Å². The summed E-state index contributed by atoms with van der Waals surface area (Å²) in [6.45, 7) is 2.35. The Kier molecular flexibility index (Phi) is 3.79. The first-order valence-corrected chi connectivity index (χ1v) is 7.74. The average molecular weight is 259 g/mol. The number of hydrogen-bond donors (Lipinski definition) is 1. The molecule has 2 fully saturated rings. The standard InChI is InChI=1S/C17H25NO/c1-12-5-7-13(8-6-12)17(18)14-3-2-4-16(11-14)19-15-9-10-15/h2-4,11-13,15,17H,5-10,18H2,1H3. The minimum Gasteiger partial charge on any atom is -0.490 e. The van der Waals surface area contributed by atoms with Crippen molar-refractivity contribution in [2.24, 2.45) is 17.6 Å². The molecule has 19 heavy (non-hydrogen) atoms. The van der Waals surface area contributed by atoms with Crippen LogP contribution in [0.3, 0.4) is 0 Å². The SMILES string of the molecule is CC1CCC(C(N)c2cccc(OC3CC3)c2)CC1. The van der Waals surface area contributed by atoms with Crippen LogP contribution in [-0.2, 0) is 0 Å². The van der Waals surface area contributed by atoms with E-state index in [0.717, 1.165) is 11.7 Å². The Morgan fingerprint density at radius 3 is 2.53 bits per heavy atom. The minimum atomic E-state index is 0.176. The van der Waals surface area contributed by atoms with Crippen molar-refractivity contribution in [2.75, 3.05) is 0 Å². The lowest BCUT2D eigenvalue weighted by Crippen LogP contribution is -2.25. The predicted molar refractivity (Wildman–Crippen MR) is 78.1 cm³/mol. The van der Waals surface area contributed by atoms with Crippen LogP contribution in [0.2, 0.25) is 0 Å². The van der Waals surface area contributed by atoms with Gasteiger partial charge >= 0.3 is 0 Å². The number of ether oxygens (including phenoxy) is 1. The molecule has 1 aromatic carbocycles. The fourth-order valence-electron chi connectivity index (χ4n) is 3.09. The number of rotatable bonds is 4. The van der Waals surface area contributed by atoms with Crippen LogP contribution in [0, 0.1) is 11.8 Å². The van der Waals surface area contributed by atoms with E-state index >= 15 is 0 Å². The molecule has 0 heterocycles. The van der Waals surface area contributed by atoms with E-state index in [-0.39, 0.29) is 6.04 Å². The van der Waals surface area contributed by atoms with Gasteiger partial charge in [0.1, 0.15) is 5.75 Å². The second kappa shape index (κ2) is 5.54. The van der Waals surface area contributed by atoms with Crippen molar-refractivity contribution in [1.82, 2.24) is 0 Å². The molecule has 0 aliphatic heterocycles. The maximum atomic E-state index is 6.47. The van der Waals surface area contributed by atoms with E-state index in [1.54, 1.807) is 0 Å². The highest BCUT2D eigenvalue weighted by molar-refractivity contribution is 5.31. The van der Waals surface area contributed by atoms with E-state index in [0.29, 0.717) is 12.0 Å². The second-order valence-electron chi connectivity index (χ2n) is 6.44. The van der Waals surface area contributed by atoms with E-state index in [4.69, 9.17) is 10.5 Å². The molecule has 2 nitrogen and oxygen atoms in total. The topological polar surface area (TPSA) is 35.2 Å². The summed E-state index contributed by atoms with van der Waals surface area (Å²) >= 11 is 0. The van der Waals surface area contributed by atoms with Gasteiger partial charge in [-0.1, -0.05) is 31.9 Å². The molecule has 0 saturated heterocycles. The first-order chi connectivity index (χ1) is 9.22. The van der Waals surface area contributed by atoms with Gasteiger partial charge in [0, 0.05) is 6.04 Å². The van der Waals surface area contributed by atoms with Crippen molar-refractivity contribution >= 4 is 0 Å². The molecule has 2 heteroatoms. The van der Waals surface area contributed by atoms with Crippen molar-refractivity contribution in [2.45, 2.75) is 57.6 Å². The van der Waals surface area contributed by atoms with Gasteiger partial charge in [-0.3, -0.25) is 0 Å². The summed E-state index contributed by atoms with van der Waals surface area (Å²) in [4.78, 5) is 0.